The summed E-state index contributed by atoms with van der Waals surface area (Å²) in [4.78, 5) is 14.6. The largest absolute Gasteiger partial charge is 0.419 e. The van der Waals surface area contributed by atoms with Crippen molar-refractivity contribution in [1.82, 2.24) is 9.21 Å². The van der Waals surface area contributed by atoms with Crippen molar-refractivity contribution in [2.24, 2.45) is 0 Å². The number of alkyl halides is 5. The molecule has 0 unspecified atom stereocenters. The molecule has 1 aliphatic carbocycles. The normalized spacial score (nSPS) is 21.4. The van der Waals surface area contributed by atoms with E-state index in [0.717, 1.165) is 0 Å². The fraction of sp³-hybridized carbons (Fsp3) is 0.696. The number of carbonyl (C=O) groups is 1. The van der Waals surface area contributed by atoms with Crippen LogP contribution in [-0.2, 0) is 16.2 Å². The highest BCUT2D eigenvalue weighted by molar-refractivity contribution is 7.89. The van der Waals surface area contributed by atoms with E-state index >= 15 is 0 Å². The Labute approximate surface area is 205 Å². The van der Waals surface area contributed by atoms with Crippen LogP contribution in [0, 0.1) is 11.6 Å². The molecule has 0 spiro atoms. The molecule has 2 fully saturated rings. The Morgan fingerprint density at radius 1 is 1.00 bits per heavy atom. The number of rotatable bonds is 8. The van der Waals surface area contributed by atoms with Gasteiger partial charge in [0.1, 0.15) is 11.6 Å². The number of benzene rings is 1. The maximum atomic E-state index is 14.5. The van der Waals surface area contributed by atoms with Crippen LogP contribution in [0.1, 0.15) is 67.8 Å². The number of Topliss-reactive ketones (excluding diaryl/α,β-unsaturated/α-hetero) is 1. The quantitative estimate of drug-likeness (QED) is 0.330. The zero-order valence-corrected chi connectivity index (χ0v) is 20.6. The first-order chi connectivity index (χ1) is 16.6. The van der Waals surface area contributed by atoms with Crippen LogP contribution >= 0.6 is 0 Å². The first kappa shape index (κ1) is 28.8. The average Bonchev–Trinajstić information content (AvgIpc) is 2.78. The molecule has 3 rings (SSSR count). The van der Waals surface area contributed by atoms with Crippen molar-refractivity contribution in [2.45, 2.75) is 69.5 Å². The van der Waals surface area contributed by atoms with E-state index in [4.69, 9.17) is 0 Å². The Balaban J connectivity index is 1.80. The van der Waals surface area contributed by atoms with E-state index in [9.17, 15) is 43.9 Å². The molecule has 0 radical (unpaired) electrons. The third-order valence-electron chi connectivity index (χ3n) is 7.17. The second-order valence-corrected chi connectivity index (χ2v) is 11.6. The van der Waals surface area contributed by atoms with Crippen LogP contribution < -0.4 is 0 Å². The van der Waals surface area contributed by atoms with Crippen LogP contribution in [0.15, 0.2) is 12.1 Å². The summed E-state index contributed by atoms with van der Waals surface area (Å²) < 4.78 is 122. The number of halogens is 7. The molecule has 1 saturated heterocycles. The number of carbonyl (C=O) groups excluding carboxylic acids is 1. The number of hydrogen-bond acceptors (Lipinski definition) is 4. The first-order valence-electron chi connectivity index (χ1n) is 11.8. The van der Waals surface area contributed by atoms with E-state index in [0.29, 0.717) is 12.5 Å². The van der Waals surface area contributed by atoms with Crippen molar-refractivity contribution in [3.05, 3.63) is 34.9 Å². The van der Waals surface area contributed by atoms with Gasteiger partial charge in [0.2, 0.25) is 15.9 Å². The summed E-state index contributed by atoms with van der Waals surface area (Å²) in [7, 11) is -3.46. The molecule has 36 heavy (non-hydrogen) atoms. The monoisotopic (exact) mass is 546 g/mol. The van der Waals surface area contributed by atoms with Gasteiger partial charge in [-0.1, -0.05) is 6.92 Å². The molecule has 204 valence electrons. The van der Waals surface area contributed by atoms with Gasteiger partial charge in [0, 0.05) is 51.0 Å². The Kier molecular flexibility index (Phi) is 8.46. The molecule has 0 bridgehead atoms. The van der Waals surface area contributed by atoms with Gasteiger partial charge in [-0.05, 0) is 37.8 Å². The first-order valence-corrected chi connectivity index (χ1v) is 13.4. The second kappa shape index (κ2) is 10.6. The van der Waals surface area contributed by atoms with E-state index in [1.807, 2.05) is 4.90 Å². The Hall–Kier alpha value is -1.73. The zero-order chi connectivity index (χ0) is 26.9. The van der Waals surface area contributed by atoms with E-state index in [1.165, 1.54) is 4.31 Å². The highest BCUT2D eigenvalue weighted by atomic mass is 32.2. The van der Waals surface area contributed by atoms with Crippen molar-refractivity contribution < 1.29 is 43.9 Å². The van der Waals surface area contributed by atoms with Gasteiger partial charge in [0.15, 0.2) is 5.78 Å². The van der Waals surface area contributed by atoms with E-state index < -0.39 is 75.5 Å². The minimum atomic E-state index is -5.12. The van der Waals surface area contributed by atoms with E-state index in [-0.39, 0.29) is 57.3 Å². The molecule has 1 heterocycles. The lowest BCUT2D eigenvalue weighted by Gasteiger charge is -2.51. The minimum absolute atomic E-state index is 0.0208. The fourth-order valence-corrected chi connectivity index (χ4v) is 6.63. The second-order valence-electron chi connectivity index (χ2n) is 9.49. The molecule has 0 N–H and O–H groups in total. The summed E-state index contributed by atoms with van der Waals surface area (Å²) in [5.41, 5.74) is -4.02. The standard InChI is InChI=1S/C23H29F7N2O3S/c1-2-15-36(34,35)32-13-11-31(12-14-32)21(7-9-22(26,27)10-8-21)6-5-18(33)19-17(24)4-3-16(20(19)25)23(28,29)30/h3-4H,2,5-15H2,1H3. The maximum absolute atomic E-state index is 14.5. The van der Waals surface area contributed by atoms with Crippen molar-refractivity contribution in [1.29, 1.82) is 0 Å². The van der Waals surface area contributed by atoms with Gasteiger partial charge in [-0.2, -0.15) is 17.5 Å². The van der Waals surface area contributed by atoms with E-state index in [1.54, 1.807) is 6.92 Å². The molecule has 0 aromatic heterocycles. The predicted octanol–water partition coefficient (Wildman–Crippen LogP) is 5.25. The van der Waals surface area contributed by atoms with Crippen molar-refractivity contribution in [3.8, 4) is 0 Å². The van der Waals surface area contributed by atoms with Gasteiger partial charge in [-0.25, -0.2) is 26.0 Å². The average molecular weight is 547 g/mol. The highest BCUT2D eigenvalue weighted by Crippen LogP contribution is 2.45. The highest BCUT2D eigenvalue weighted by Gasteiger charge is 2.48. The van der Waals surface area contributed by atoms with Crippen LogP contribution in [0.5, 0.6) is 0 Å². The molecule has 0 atom stereocenters. The fourth-order valence-electron chi connectivity index (χ4n) is 5.13. The molecule has 0 amide bonds. The lowest BCUT2D eigenvalue weighted by Crippen LogP contribution is -2.60. The van der Waals surface area contributed by atoms with Crippen LogP contribution in [0.2, 0.25) is 0 Å². The Morgan fingerprint density at radius 3 is 2.11 bits per heavy atom. The molecule has 5 nitrogen and oxygen atoms in total. The number of ketones is 1. The van der Waals surface area contributed by atoms with E-state index in [2.05, 4.69) is 0 Å². The van der Waals surface area contributed by atoms with Gasteiger partial charge in [-0.15, -0.1) is 0 Å². The summed E-state index contributed by atoms with van der Waals surface area (Å²) in [5, 5.41) is 0. The third kappa shape index (κ3) is 6.21. The molecule has 1 saturated carbocycles. The molecule has 1 aliphatic heterocycles. The molecule has 2 aliphatic rings. The SMILES string of the molecule is CCCS(=O)(=O)N1CCN(C2(CCC(=O)c3c(F)ccc(C(F)(F)F)c3F)CCC(F)(F)CC2)CC1. The van der Waals surface area contributed by atoms with Crippen molar-refractivity contribution >= 4 is 15.8 Å². The molecular weight excluding hydrogens is 517 g/mol. The predicted molar refractivity (Wildman–Crippen MR) is 118 cm³/mol. The molecule has 1 aromatic rings. The lowest BCUT2D eigenvalue weighted by atomic mass is 9.74. The van der Waals surface area contributed by atoms with Crippen LogP contribution in [0.3, 0.4) is 0 Å². The Morgan fingerprint density at radius 2 is 1.58 bits per heavy atom. The molecule has 13 heteroatoms. The van der Waals surface area contributed by atoms with Gasteiger partial charge >= 0.3 is 6.18 Å². The van der Waals surface area contributed by atoms with Gasteiger partial charge < -0.3 is 0 Å². The van der Waals surface area contributed by atoms with Crippen molar-refractivity contribution in [3.63, 3.8) is 0 Å². The molecule has 1 aromatic carbocycles. The van der Waals surface area contributed by atoms with Crippen LogP contribution in [0.25, 0.3) is 0 Å². The number of sulfonamides is 1. The summed E-state index contributed by atoms with van der Waals surface area (Å²) in [6, 6.07) is 0.601. The van der Waals surface area contributed by atoms with Crippen molar-refractivity contribution in [2.75, 3.05) is 31.9 Å². The topological polar surface area (TPSA) is 57.7 Å². The number of piperazine rings is 1. The summed E-state index contributed by atoms with van der Waals surface area (Å²) in [6.45, 7) is 2.43. The third-order valence-corrected chi connectivity index (χ3v) is 9.25. The van der Waals surface area contributed by atoms with Crippen LogP contribution in [0.4, 0.5) is 30.7 Å². The summed E-state index contributed by atoms with van der Waals surface area (Å²) in [5.74, 6) is -7.54. The van der Waals surface area contributed by atoms with Gasteiger partial charge in [0.05, 0.1) is 16.9 Å². The maximum Gasteiger partial charge on any atom is 0.419 e. The van der Waals surface area contributed by atoms with Gasteiger partial charge in [-0.3, -0.25) is 9.69 Å². The van der Waals surface area contributed by atoms with Gasteiger partial charge in [0.25, 0.3) is 0 Å². The summed E-state index contributed by atoms with van der Waals surface area (Å²) in [6.07, 6.45) is -6.38. The lowest BCUT2D eigenvalue weighted by molar-refractivity contribution is -0.140. The molecular formula is C23H29F7N2O3S. The van der Waals surface area contributed by atoms with Crippen LogP contribution in [-0.4, -0.2) is 66.8 Å². The number of nitrogens with zero attached hydrogens (tertiary/aromatic N) is 2. The minimum Gasteiger partial charge on any atom is -0.295 e. The summed E-state index contributed by atoms with van der Waals surface area (Å²) >= 11 is 0. The number of hydrogen-bond donors (Lipinski definition) is 0. The Bertz CT molecular complexity index is 1060. The zero-order valence-electron chi connectivity index (χ0n) is 19.8. The smallest absolute Gasteiger partial charge is 0.295 e.